The minimum absolute atomic E-state index is 0.147. The zero-order chi connectivity index (χ0) is 20.3. The van der Waals surface area contributed by atoms with Crippen LogP contribution < -0.4 is 5.32 Å². The predicted molar refractivity (Wildman–Crippen MR) is 114 cm³/mol. The van der Waals surface area contributed by atoms with Crippen molar-refractivity contribution in [3.05, 3.63) is 29.8 Å². The van der Waals surface area contributed by atoms with Crippen molar-refractivity contribution in [2.75, 3.05) is 5.32 Å². The Bertz CT molecular complexity index is 793. The molecule has 7 atom stereocenters. The fourth-order valence-electron chi connectivity index (χ4n) is 5.22. The van der Waals surface area contributed by atoms with E-state index in [0.29, 0.717) is 5.69 Å². The summed E-state index contributed by atoms with van der Waals surface area (Å²) in [6.45, 7) is 5.73. The van der Waals surface area contributed by atoms with Crippen molar-refractivity contribution in [3.8, 4) is 0 Å². The summed E-state index contributed by atoms with van der Waals surface area (Å²) < 4.78 is 0. The van der Waals surface area contributed by atoms with Gasteiger partial charge in [0.25, 0.3) is 0 Å². The highest BCUT2D eigenvalue weighted by Gasteiger charge is 2.67. The molecule has 1 aliphatic heterocycles. The second kappa shape index (κ2) is 7.24. The number of amides is 3. The van der Waals surface area contributed by atoms with Crippen molar-refractivity contribution in [2.45, 2.75) is 42.9 Å². The Morgan fingerprint density at radius 1 is 1.04 bits per heavy atom. The summed E-state index contributed by atoms with van der Waals surface area (Å²) in [6.07, 6.45) is 0.883. The van der Waals surface area contributed by atoms with Gasteiger partial charge in [0.2, 0.25) is 17.7 Å². The molecule has 1 heterocycles. The highest BCUT2D eigenvalue weighted by atomic mass is 79.9. The molecular formula is C21H24Br2N2O3. The van der Waals surface area contributed by atoms with Gasteiger partial charge >= 0.3 is 0 Å². The Hall–Kier alpha value is -1.21. The lowest BCUT2D eigenvalue weighted by atomic mass is 9.81. The van der Waals surface area contributed by atoms with Crippen LogP contribution in [0.2, 0.25) is 0 Å². The van der Waals surface area contributed by atoms with Crippen molar-refractivity contribution in [1.82, 2.24) is 4.90 Å². The number of halogens is 2. The molecule has 3 aliphatic rings. The summed E-state index contributed by atoms with van der Waals surface area (Å²) >= 11 is 7.40. The van der Waals surface area contributed by atoms with Crippen molar-refractivity contribution < 1.29 is 14.4 Å². The molecule has 3 fully saturated rings. The number of hydrogen-bond acceptors (Lipinski definition) is 3. The van der Waals surface area contributed by atoms with Gasteiger partial charge in [-0.1, -0.05) is 63.4 Å². The molecule has 1 aromatic rings. The second-order valence-electron chi connectivity index (χ2n) is 8.59. The normalized spacial score (nSPS) is 34.9. The molecule has 0 radical (unpaired) electrons. The van der Waals surface area contributed by atoms with Crippen molar-refractivity contribution in [2.24, 2.45) is 29.6 Å². The number of imide groups is 1. The van der Waals surface area contributed by atoms with Crippen molar-refractivity contribution >= 4 is 55.3 Å². The molecule has 3 amide bonds. The molecule has 0 aromatic heterocycles. The van der Waals surface area contributed by atoms with Crippen LogP contribution in [-0.2, 0) is 14.4 Å². The van der Waals surface area contributed by atoms with Crippen LogP contribution in [0.5, 0.6) is 0 Å². The van der Waals surface area contributed by atoms with Crippen molar-refractivity contribution in [1.29, 1.82) is 0 Å². The summed E-state index contributed by atoms with van der Waals surface area (Å²) in [5.74, 6) is -1.14. The van der Waals surface area contributed by atoms with Gasteiger partial charge in [0.15, 0.2) is 0 Å². The molecule has 150 valence electrons. The quantitative estimate of drug-likeness (QED) is 0.494. The average Bonchev–Trinajstić information content (AvgIpc) is 3.24. The third kappa shape index (κ3) is 2.96. The first-order valence-electron chi connectivity index (χ1n) is 9.75. The van der Waals surface area contributed by atoms with Crippen molar-refractivity contribution in [3.63, 3.8) is 0 Å². The monoisotopic (exact) mass is 510 g/mol. The molecule has 0 unspecified atom stereocenters. The van der Waals surface area contributed by atoms with E-state index in [-0.39, 0.29) is 57.0 Å². The average molecular weight is 512 g/mol. The first-order valence-corrected chi connectivity index (χ1v) is 11.6. The Balaban J connectivity index is 1.60. The molecule has 7 heteroatoms. The van der Waals surface area contributed by atoms with Crippen LogP contribution in [-0.4, -0.2) is 38.3 Å². The number of carbonyl (C=O) groups is 3. The van der Waals surface area contributed by atoms with E-state index in [1.165, 1.54) is 4.90 Å². The third-order valence-electron chi connectivity index (χ3n) is 6.52. The zero-order valence-electron chi connectivity index (χ0n) is 16.1. The van der Waals surface area contributed by atoms with E-state index >= 15 is 0 Å². The summed E-state index contributed by atoms with van der Waals surface area (Å²) in [4.78, 5) is 41.3. The number of hydrogen-bond donors (Lipinski definition) is 1. The summed E-state index contributed by atoms with van der Waals surface area (Å²) in [7, 11) is 0. The first kappa shape index (κ1) is 20.1. The number of carbonyl (C=O) groups excluding carboxylic acids is 3. The number of fused-ring (bicyclic) bond motifs is 5. The van der Waals surface area contributed by atoms with Crippen LogP contribution in [0, 0.1) is 36.5 Å². The summed E-state index contributed by atoms with van der Waals surface area (Å²) in [6, 6.07) is 6.70. The standard InChI is InChI=1S/C21H24Br2N2O3/c1-9(2)18(19(26)24-11-6-4-10(3)5-7-11)25-20(27)14-12-8-13(15(14)21(25)28)17(23)16(12)22/h4-7,9,12-18H,8H2,1-3H3,(H,24,26)/t12-,13+,14-,15-,16+,17+,18-/m0/s1. The molecule has 0 spiro atoms. The molecule has 2 aliphatic carbocycles. The fraction of sp³-hybridized carbons (Fsp3) is 0.571. The lowest BCUT2D eigenvalue weighted by molar-refractivity contribution is -0.148. The highest BCUT2D eigenvalue weighted by molar-refractivity contribution is 9.12. The van der Waals surface area contributed by atoms with Crippen LogP contribution in [0.1, 0.15) is 25.8 Å². The van der Waals surface area contributed by atoms with Gasteiger partial charge in [0, 0.05) is 15.3 Å². The predicted octanol–water partition coefficient (Wildman–Crippen LogP) is 3.74. The molecule has 1 N–H and O–H groups in total. The molecule has 2 bridgehead atoms. The number of aryl methyl sites for hydroxylation is 1. The number of alkyl halides is 2. The maximum absolute atomic E-state index is 13.3. The fourth-order valence-corrected chi connectivity index (χ4v) is 7.09. The molecular weight excluding hydrogens is 488 g/mol. The van der Waals surface area contributed by atoms with E-state index < -0.39 is 6.04 Å². The molecule has 1 aromatic carbocycles. The number of likely N-dealkylation sites (tertiary alicyclic amines) is 1. The Labute approximate surface area is 181 Å². The van der Waals surface area contributed by atoms with Gasteiger partial charge < -0.3 is 5.32 Å². The van der Waals surface area contributed by atoms with Crippen LogP contribution >= 0.6 is 31.9 Å². The Morgan fingerprint density at radius 2 is 1.54 bits per heavy atom. The minimum Gasteiger partial charge on any atom is -0.324 e. The lowest BCUT2D eigenvalue weighted by Gasteiger charge is -2.29. The molecule has 2 saturated carbocycles. The van der Waals surface area contributed by atoms with Gasteiger partial charge in [0.1, 0.15) is 6.04 Å². The van der Waals surface area contributed by atoms with Gasteiger partial charge in [-0.25, -0.2) is 0 Å². The second-order valence-corrected chi connectivity index (χ2v) is 10.7. The summed E-state index contributed by atoms with van der Waals surface area (Å²) in [5.41, 5.74) is 1.77. The van der Waals surface area contributed by atoms with Crippen LogP contribution in [0.15, 0.2) is 24.3 Å². The summed E-state index contributed by atoms with van der Waals surface area (Å²) in [5, 5.41) is 2.89. The lowest BCUT2D eigenvalue weighted by Crippen LogP contribution is -2.51. The minimum atomic E-state index is -0.797. The molecule has 1 saturated heterocycles. The van der Waals surface area contributed by atoms with E-state index in [1.54, 1.807) is 0 Å². The van der Waals surface area contributed by atoms with E-state index in [4.69, 9.17) is 0 Å². The molecule has 5 nitrogen and oxygen atoms in total. The van der Waals surface area contributed by atoms with Gasteiger partial charge in [-0.3, -0.25) is 19.3 Å². The SMILES string of the molecule is Cc1ccc(NC(=O)[C@H](C(C)C)N2C(=O)[C@H]3[C@@H]4C[C@@H]([C@@H](Br)[C@@H]4Br)[C@@H]3C2=O)cc1. The number of nitrogens with one attached hydrogen (secondary N) is 1. The Morgan fingerprint density at radius 3 is 2.00 bits per heavy atom. The number of anilines is 1. The first-order chi connectivity index (χ1) is 13.2. The van der Waals surface area contributed by atoms with Gasteiger partial charge in [-0.2, -0.15) is 0 Å². The molecule has 4 rings (SSSR count). The number of rotatable bonds is 4. The maximum atomic E-state index is 13.3. The van der Waals surface area contributed by atoms with E-state index in [1.807, 2.05) is 45.0 Å². The van der Waals surface area contributed by atoms with Crippen LogP contribution in [0.25, 0.3) is 0 Å². The topological polar surface area (TPSA) is 66.5 Å². The maximum Gasteiger partial charge on any atom is 0.247 e. The van der Waals surface area contributed by atoms with Crippen LogP contribution in [0.3, 0.4) is 0 Å². The van der Waals surface area contributed by atoms with Gasteiger partial charge in [0.05, 0.1) is 11.8 Å². The van der Waals surface area contributed by atoms with Crippen LogP contribution in [0.4, 0.5) is 5.69 Å². The van der Waals surface area contributed by atoms with E-state index in [2.05, 4.69) is 37.2 Å². The Kier molecular flexibility index (Phi) is 5.19. The number of benzene rings is 1. The third-order valence-corrected chi connectivity index (χ3v) is 9.73. The number of nitrogens with zero attached hydrogens (tertiary/aromatic N) is 1. The van der Waals surface area contributed by atoms with Gasteiger partial charge in [-0.15, -0.1) is 0 Å². The van der Waals surface area contributed by atoms with E-state index in [0.717, 1.165) is 12.0 Å². The molecule has 28 heavy (non-hydrogen) atoms. The zero-order valence-corrected chi connectivity index (χ0v) is 19.2. The van der Waals surface area contributed by atoms with E-state index in [9.17, 15) is 14.4 Å². The smallest absolute Gasteiger partial charge is 0.247 e. The largest absolute Gasteiger partial charge is 0.324 e. The highest BCUT2D eigenvalue weighted by Crippen LogP contribution is 2.60. The van der Waals surface area contributed by atoms with Gasteiger partial charge in [-0.05, 0) is 43.2 Å².